The minimum atomic E-state index is 0.0599. The summed E-state index contributed by atoms with van der Waals surface area (Å²) in [5.41, 5.74) is 6.87. The van der Waals surface area contributed by atoms with Crippen LogP contribution in [0.1, 0.15) is 24.8 Å². The first kappa shape index (κ1) is 11.1. The molecular weight excluding hydrogens is 200 g/mol. The predicted octanol–water partition coefficient (Wildman–Crippen LogP) is 1.18. The third-order valence-corrected chi connectivity index (χ3v) is 3.24. The van der Waals surface area contributed by atoms with Crippen LogP contribution in [-0.2, 0) is 10.2 Å². The SMILES string of the molecule is NCCC(=O)NCC1(c2ccccc2)CC1. The van der Waals surface area contributed by atoms with E-state index in [2.05, 4.69) is 29.6 Å². The van der Waals surface area contributed by atoms with Crippen LogP contribution < -0.4 is 11.1 Å². The summed E-state index contributed by atoms with van der Waals surface area (Å²) >= 11 is 0. The van der Waals surface area contributed by atoms with Crippen molar-refractivity contribution in [3.63, 3.8) is 0 Å². The number of nitrogens with one attached hydrogen (secondary N) is 1. The van der Waals surface area contributed by atoms with E-state index in [0.717, 1.165) is 6.54 Å². The van der Waals surface area contributed by atoms with Crippen LogP contribution in [-0.4, -0.2) is 19.0 Å². The highest BCUT2D eigenvalue weighted by molar-refractivity contribution is 5.76. The molecule has 1 aromatic carbocycles. The fourth-order valence-corrected chi connectivity index (χ4v) is 2.00. The summed E-state index contributed by atoms with van der Waals surface area (Å²) in [6.45, 7) is 1.17. The third-order valence-electron chi connectivity index (χ3n) is 3.24. The molecule has 2 rings (SSSR count). The van der Waals surface area contributed by atoms with Gasteiger partial charge < -0.3 is 11.1 Å². The second-order valence-electron chi connectivity index (χ2n) is 4.46. The van der Waals surface area contributed by atoms with Gasteiger partial charge in [0.25, 0.3) is 0 Å². The average Bonchev–Trinajstić information content (AvgIpc) is 3.09. The van der Waals surface area contributed by atoms with Crippen molar-refractivity contribution in [1.29, 1.82) is 0 Å². The Morgan fingerprint density at radius 3 is 2.56 bits per heavy atom. The largest absolute Gasteiger partial charge is 0.355 e. The molecule has 16 heavy (non-hydrogen) atoms. The van der Waals surface area contributed by atoms with E-state index in [9.17, 15) is 4.79 Å². The highest BCUT2D eigenvalue weighted by Crippen LogP contribution is 2.47. The van der Waals surface area contributed by atoms with Crippen molar-refractivity contribution in [3.05, 3.63) is 35.9 Å². The van der Waals surface area contributed by atoms with Crippen molar-refractivity contribution in [1.82, 2.24) is 5.32 Å². The van der Waals surface area contributed by atoms with Gasteiger partial charge in [-0.1, -0.05) is 30.3 Å². The van der Waals surface area contributed by atoms with Gasteiger partial charge in [0.1, 0.15) is 0 Å². The fourth-order valence-electron chi connectivity index (χ4n) is 2.00. The molecule has 0 spiro atoms. The number of hydrogen-bond donors (Lipinski definition) is 2. The molecule has 3 heteroatoms. The lowest BCUT2D eigenvalue weighted by Crippen LogP contribution is -2.33. The van der Waals surface area contributed by atoms with E-state index in [4.69, 9.17) is 5.73 Å². The number of benzene rings is 1. The lowest BCUT2D eigenvalue weighted by atomic mass is 9.96. The number of carbonyl (C=O) groups is 1. The molecule has 0 saturated heterocycles. The average molecular weight is 218 g/mol. The van der Waals surface area contributed by atoms with Crippen molar-refractivity contribution >= 4 is 5.91 Å². The standard InChI is InChI=1S/C13H18N2O/c14-9-6-12(16)15-10-13(7-8-13)11-4-2-1-3-5-11/h1-5H,6-10,14H2,(H,15,16). The minimum Gasteiger partial charge on any atom is -0.355 e. The van der Waals surface area contributed by atoms with Gasteiger partial charge in [-0.25, -0.2) is 0 Å². The molecule has 1 aromatic rings. The number of nitrogens with two attached hydrogens (primary N) is 1. The Balaban J connectivity index is 1.92. The first-order valence-electron chi connectivity index (χ1n) is 5.79. The maximum atomic E-state index is 11.4. The van der Waals surface area contributed by atoms with Crippen LogP contribution in [0.5, 0.6) is 0 Å². The van der Waals surface area contributed by atoms with E-state index in [0.29, 0.717) is 13.0 Å². The molecule has 1 saturated carbocycles. The van der Waals surface area contributed by atoms with Gasteiger partial charge in [0.05, 0.1) is 0 Å². The van der Waals surface area contributed by atoms with Crippen LogP contribution in [0.15, 0.2) is 30.3 Å². The van der Waals surface area contributed by atoms with Gasteiger partial charge in [-0.15, -0.1) is 0 Å². The number of hydrogen-bond acceptors (Lipinski definition) is 2. The molecular formula is C13H18N2O. The maximum absolute atomic E-state index is 11.4. The molecule has 3 N–H and O–H groups in total. The summed E-state index contributed by atoms with van der Waals surface area (Å²) in [6, 6.07) is 10.4. The summed E-state index contributed by atoms with van der Waals surface area (Å²) in [4.78, 5) is 11.4. The van der Waals surface area contributed by atoms with Gasteiger partial charge in [0.15, 0.2) is 0 Å². The van der Waals surface area contributed by atoms with Crippen LogP contribution in [0, 0.1) is 0 Å². The number of rotatable bonds is 5. The molecule has 86 valence electrons. The summed E-state index contributed by atoms with van der Waals surface area (Å²) in [5, 5.41) is 2.97. The zero-order chi connectivity index (χ0) is 11.4. The van der Waals surface area contributed by atoms with Crippen molar-refractivity contribution in [2.45, 2.75) is 24.7 Å². The monoisotopic (exact) mass is 218 g/mol. The van der Waals surface area contributed by atoms with E-state index >= 15 is 0 Å². The van der Waals surface area contributed by atoms with E-state index in [-0.39, 0.29) is 11.3 Å². The third kappa shape index (κ3) is 2.42. The first-order chi connectivity index (χ1) is 7.77. The van der Waals surface area contributed by atoms with Gasteiger partial charge in [-0.2, -0.15) is 0 Å². The van der Waals surface area contributed by atoms with Gasteiger partial charge >= 0.3 is 0 Å². The van der Waals surface area contributed by atoms with Crippen molar-refractivity contribution in [3.8, 4) is 0 Å². The second-order valence-corrected chi connectivity index (χ2v) is 4.46. The van der Waals surface area contributed by atoms with Crippen molar-refractivity contribution < 1.29 is 4.79 Å². The van der Waals surface area contributed by atoms with Gasteiger partial charge in [-0.3, -0.25) is 4.79 Å². The molecule has 1 aliphatic carbocycles. The topological polar surface area (TPSA) is 55.1 Å². The van der Waals surface area contributed by atoms with E-state index < -0.39 is 0 Å². The molecule has 1 fully saturated rings. The first-order valence-corrected chi connectivity index (χ1v) is 5.79. The van der Waals surface area contributed by atoms with Crippen LogP contribution in [0.2, 0.25) is 0 Å². The van der Waals surface area contributed by atoms with Crippen LogP contribution >= 0.6 is 0 Å². The summed E-state index contributed by atoms with van der Waals surface area (Å²) < 4.78 is 0. The molecule has 1 amide bonds. The van der Waals surface area contributed by atoms with Crippen molar-refractivity contribution in [2.75, 3.05) is 13.1 Å². The summed E-state index contributed by atoms with van der Waals surface area (Å²) in [5.74, 6) is 0.0599. The van der Waals surface area contributed by atoms with Gasteiger partial charge in [0.2, 0.25) is 5.91 Å². The van der Waals surface area contributed by atoms with E-state index in [1.165, 1.54) is 18.4 Å². The highest BCUT2D eigenvalue weighted by atomic mass is 16.1. The summed E-state index contributed by atoms with van der Waals surface area (Å²) in [7, 11) is 0. The normalized spacial score (nSPS) is 16.8. The van der Waals surface area contributed by atoms with Gasteiger partial charge in [0, 0.05) is 24.9 Å². The zero-order valence-electron chi connectivity index (χ0n) is 9.41. The predicted molar refractivity (Wildman–Crippen MR) is 64.0 cm³/mol. The Bertz CT molecular complexity index is 357. The Morgan fingerprint density at radius 1 is 1.31 bits per heavy atom. The Kier molecular flexibility index (Phi) is 3.25. The molecule has 0 radical (unpaired) electrons. The Labute approximate surface area is 96.0 Å². The van der Waals surface area contributed by atoms with Crippen LogP contribution in [0.3, 0.4) is 0 Å². The zero-order valence-corrected chi connectivity index (χ0v) is 9.41. The maximum Gasteiger partial charge on any atom is 0.221 e. The smallest absolute Gasteiger partial charge is 0.221 e. The molecule has 3 nitrogen and oxygen atoms in total. The Hall–Kier alpha value is -1.35. The molecule has 0 aliphatic heterocycles. The molecule has 0 atom stereocenters. The molecule has 0 aromatic heterocycles. The second kappa shape index (κ2) is 4.66. The van der Waals surface area contributed by atoms with Crippen LogP contribution in [0.4, 0.5) is 0 Å². The number of carbonyl (C=O) groups excluding carboxylic acids is 1. The molecule has 0 bridgehead atoms. The molecule has 0 unspecified atom stereocenters. The van der Waals surface area contributed by atoms with Gasteiger partial charge in [-0.05, 0) is 18.4 Å². The quantitative estimate of drug-likeness (QED) is 0.780. The van der Waals surface area contributed by atoms with E-state index in [1.807, 2.05) is 6.07 Å². The van der Waals surface area contributed by atoms with E-state index in [1.54, 1.807) is 0 Å². The lowest BCUT2D eigenvalue weighted by Gasteiger charge is -2.16. The number of amides is 1. The van der Waals surface area contributed by atoms with Crippen molar-refractivity contribution in [2.24, 2.45) is 5.73 Å². The van der Waals surface area contributed by atoms with Crippen LogP contribution in [0.25, 0.3) is 0 Å². The highest BCUT2D eigenvalue weighted by Gasteiger charge is 2.44. The summed E-state index contributed by atoms with van der Waals surface area (Å²) in [6.07, 6.45) is 2.75. The Morgan fingerprint density at radius 2 is 2.00 bits per heavy atom. The lowest BCUT2D eigenvalue weighted by molar-refractivity contribution is -0.121. The molecule has 0 heterocycles. The fraction of sp³-hybridized carbons (Fsp3) is 0.462. The minimum absolute atomic E-state index is 0.0599. The molecule has 1 aliphatic rings.